The van der Waals surface area contributed by atoms with Crippen LogP contribution in [0.2, 0.25) is 0 Å². The van der Waals surface area contributed by atoms with Crippen molar-refractivity contribution in [1.82, 2.24) is 0 Å². The lowest BCUT2D eigenvalue weighted by Gasteiger charge is -2.14. The van der Waals surface area contributed by atoms with Crippen LogP contribution >= 0.6 is 0 Å². The summed E-state index contributed by atoms with van der Waals surface area (Å²) in [6, 6.07) is 12.9. The summed E-state index contributed by atoms with van der Waals surface area (Å²) in [5.74, 6) is -3.31. The van der Waals surface area contributed by atoms with E-state index in [1.807, 2.05) is 26.0 Å². The first-order chi connectivity index (χ1) is 13.8. The molecule has 0 fully saturated rings. The van der Waals surface area contributed by atoms with Gasteiger partial charge in [-0.3, -0.25) is 14.4 Å². The van der Waals surface area contributed by atoms with Crippen LogP contribution in [0.15, 0.2) is 48.5 Å². The van der Waals surface area contributed by atoms with Crippen LogP contribution in [-0.4, -0.2) is 37.7 Å². The van der Waals surface area contributed by atoms with E-state index >= 15 is 0 Å². The predicted octanol–water partition coefficient (Wildman–Crippen LogP) is 3.84. The van der Waals surface area contributed by atoms with Crippen molar-refractivity contribution in [3.63, 3.8) is 0 Å². The number of methoxy groups -OCH3 is 2. The smallest absolute Gasteiger partial charge is 0.337 e. The quantitative estimate of drug-likeness (QED) is 0.383. The molecule has 1 atom stereocenters. The fourth-order valence-electron chi connectivity index (χ4n) is 2.90. The molecule has 0 heterocycles. The van der Waals surface area contributed by atoms with Crippen LogP contribution in [0.1, 0.15) is 62.8 Å². The normalized spacial score (nSPS) is 11.6. The number of hydrogen-bond donors (Lipinski definition) is 0. The summed E-state index contributed by atoms with van der Waals surface area (Å²) in [5.41, 5.74) is 1.81. The molecule has 0 bridgehead atoms. The monoisotopic (exact) mass is 396 g/mol. The molecule has 0 amide bonds. The first-order valence-corrected chi connectivity index (χ1v) is 9.22. The predicted molar refractivity (Wildman–Crippen MR) is 107 cm³/mol. The lowest BCUT2D eigenvalue weighted by molar-refractivity contribution is -0.143. The highest BCUT2D eigenvalue weighted by Gasteiger charge is 2.31. The Labute approximate surface area is 169 Å². The summed E-state index contributed by atoms with van der Waals surface area (Å²) in [7, 11) is 2.40. The largest absolute Gasteiger partial charge is 0.468 e. The van der Waals surface area contributed by atoms with Crippen molar-refractivity contribution >= 4 is 23.5 Å². The van der Waals surface area contributed by atoms with Crippen LogP contribution < -0.4 is 0 Å². The van der Waals surface area contributed by atoms with Crippen molar-refractivity contribution < 1.29 is 28.7 Å². The topological polar surface area (TPSA) is 86.7 Å². The van der Waals surface area contributed by atoms with E-state index in [4.69, 9.17) is 4.74 Å². The molecule has 1 unspecified atom stereocenters. The van der Waals surface area contributed by atoms with E-state index in [2.05, 4.69) is 4.74 Å². The molecule has 6 heteroatoms. The molecular formula is C23H24O6. The SMILES string of the molecule is COC(=O)c1cccc(C(=O)C(CC(=O)c2ccc(C(C)C)cc2)C(=O)OC)c1. The number of Topliss-reactive ketones (excluding diaryl/α,β-unsaturated/α-hetero) is 2. The third-order valence-electron chi connectivity index (χ3n) is 4.66. The van der Waals surface area contributed by atoms with E-state index in [9.17, 15) is 19.2 Å². The summed E-state index contributed by atoms with van der Waals surface area (Å²) in [6.45, 7) is 4.09. The molecule has 0 aliphatic heterocycles. The summed E-state index contributed by atoms with van der Waals surface area (Å²) in [4.78, 5) is 49.5. The van der Waals surface area contributed by atoms with Crippen LogP contribution in [0.4, 0.5) is 0 Å². The number of ether oxygens (including phenoxy) is 2. The van der Waals surface area contributed by atoms with Gasteiger partial charge in [0.2, 0.25) is 0 Å². The lowest BCUT2D eigenvalue weighted by atomic mass is 9.90. The maximum Gasteiger partial charge on any atom is 0.337 e. The second-order valence-electron chi connectivity index (χ2n) is 6.92. The van der Waals surface area contributed by atoms with Crippen LogP contribution in [0, 0.1) is 5.92 Å². The standard InChI is InChI=1S/C23H24O6/c1-14(2)15-8-10-16(11-9-15)20(24)13-19(23(27)29-4)21(25)17-6-5-7-18(12-17)22(26)28-3/h5-12,14,19H,13H2,1-4H3. The molecular weight excluding hydrogens is 372 g/mol. The number of rotatable bonds is 8. The van der Waals surface area contributed by atoms with Gasteiger partial charge in [-0.1, -0.05) is 50.2 Å². The Morgan fingerprint density at radius 3 is 2.00 bits per heavy atom. The minimum Gasteiger partial charge on any atom is -0.468 e. The summed E-state index contributed by atoms with van der Waals surface area (Å²) in [6.07, 6.45) is -0.324. The van der Waals surface area contributed by atoms with E-state index in [1.54, 1.807) is 12.1 Å². The van der Waals surface area contributed by atoms with E-state index < -0.39 is 23.6 Å². The van der Waals surface area contributed by atoms with E-state index in [0.717, 1.165) is 12.7 Å². The minimum atomic E-state index is -1.30. The maximum atomic E-state index is 12.9. The zero-order chi connectivity index (χ0) is 21.6. The number of carbonyl (C=O) groups excluding carboxylic acids is 4. The molecule has 0 saturated heterocycles. The zero-order valence-electron chi connectivity index (χ0n) is 16.9. The van der Waals surface area contributed by atoms with Gasteiger partial charge in [0.1, 0.15) is 5.92 Å². The van der Waals surface area contributed by atoms with Gasteiger partial charge in [-0.05, 0) is 23.6 Å². The average molecular weight is 396 g/mol. The van der Waals surface area contributed by atoms with Crippen molar-refractivity contribution in [1.29, 1.82) is 0 Å². The molecule has 2 rings (SSSR count). The Balaban J connectivity index is 2.27. The van der Waals surface area contributed by atoms with Gasteiger partial charge >= 0.3 is 11.9 Å². The summed E-state index contributed by atoms with van der Waals surface area (Å²) in [5, 5.41) is 0. The van der Waals surface area contributed by atoms with Gasteiger partial charge in [0, 0.05) is 17.5 Å². The Morgan fingerprint density at radius 2 is 1.45 bits per heavy atom. The molecule has 2 aromatic rings. The Hall–Kier alpha value is -3.28. The molecule has 0 aliphatic rings. The number of benzene rings is 2. The second-order valence-corrected chi connectivity index (χ2v) is 6.92. The van der Waals surface area contributed by atoms with Crippen molar-refractivity contribution in [3.8, 4) is 0 Å². The van der Waals surface area contributed by atoms with Gasteiger partial charge in [0.05, 0.1) is 19.8 Å². The number of carbonyl (C=O) groups is 4. The Kier molecular flexibility index (Phi) is 7.42. The molecule has 152 valence electrons. The summed E-state index contributed by atoms with van der Waals surface area (Å²) < 4.78 is 9.39. The van der Waals surface area contributed by atoms with Crippen LogP contribution in [0.5, 0.6) is 0 Å². The van der Waals surface area contributed by atoms with Crippen molar-refractivity contribution in [2.75, 3.05) is 14.2 Å². The highest BCUT2D eigenvalue weighted by atomic mass is 16.5. The molecule has 0 saturated carbocycles. The molecule has 0 N–H and O–H groups in total. The second kappa shape index (κ2) is 9.78. The number of hydrogen-bond acceptors (Lipinski definition) is 6. The first-order valence-electron chi connectivity index (χ1n) is 9.22. The third-order valence-corrected chi connectivity index (χ3v) is 4.66. The van der Waals surface area contributed by atoms with E-state index in [0.29, 0.717) is 11.5 Å². The average Bonchev–Trinajstić information content (AvgIpc) is 2.75. The highest BCUT2D eigenvalue weighted by Crippen LogP contribution is 2.20. The van der Waals surface area contributed by atoms with Gasteiger partial charge in [-0.25, -0.2) is 4.79 Å². The fourth-order valence-corrected chi connectivity index (χ4v) is 2.90. The van der Waals surface area contributed by atoms with Gasteiger partial charge < -0.3 is 9.47 Å². The van der Waals surface area contributed by atoms with Gasteiger partial charge in [0.15, 0.2) is 11.6 Å². The van der Waals surface area contributed by atoms with Gasteiger partial charge in [0.25, 0.3) is 0 Å². The molecule has 0 aromatic heterocycles. The number of esters is 2. The van der Waals surface area contributed by atoms with Crippen molar-refractivity contribution in [2.45, 2.75) is 26.2 Å². The molecule has 0 radical (unpaired) electrons. The van der Waals surface area contributed by atoms with Crippen LogP contribution in [0.25, 0.3) is 0 Å². The first kappa shape index (κ1) is 22.0. The van der Waals surface area contributed by atoms with E-state index in [1.165, 1.54) is 31.4 Å². The Morgan fingerprint density at radius 1 is 0.828 bits per heavy atom. The van der Waals surface area contributed by atoms with Crippen LogP contribution in [-0.2, 0) is 14.3 Å². The molecule has 0 aliphatic carbocycles. The lowest BCUT2D eigenvalue weighted by Crippen LogP contribution is -2.28. The maximum absolute atomic E-state index is 12.9. The fraction of sp³-hybridized carbons (Fsp3) is 0.304. The number of ketones is 2. The highest BCUT2D eigenvalue weighted by molar-refractivity contribution is 6.12. The summed E-state index contributed by atoms with van der Waals surface area (Å²) >= 11 is 0. The van der Waals surface area contributed by atoms with Gasteiger partial charge in [-0.2, -0.15) is 0 Å². The van der Waals surface area contributed by atoms with Crippen molar-refractivity contribution in [2.24, 2.45) is 5.92 Å². The van der Waals surface area contributed by atoms with E-state index in [-0.39, 0.29) is 23.3 Å². The minimum absolute atomic E-state index is 0.131. The molecule has 0 spiro atoms. The Bertz CT molecular complexity index is 911. The molecule has 6 nitrogen and oxygen atoms in total. The molecule has 29 heavy (non-hydrogen) atoms. The zero-order valence-corrected chi connectivity index (χ0v) is 16.9. The molecule has 2 aromatic carbocycles. The van der Waals surface area contributed by atoms with Crippen molar-refractivity contribution in [3.05, 3.63) is 70.8 Å². The van der Waals surface area contributed by atoms with Gasteiger partial charge in [-0.15, -0.1) is 0 Å². The third kappa shape index (κ3) is 5.38. The van der Waals surface area contributed by atoms with Crippen LogP contribution in [0.3, 0.4) is 0 Å².